The number of carbonyl (C=O) groups is 4. The van der Waals surface area contributed by atoms with E-state index in [1.165, 1.54) is 32.2 Å². The first-order valence-electron chi connectivity index (χ1n) is 25.8. The molecule has 5 heterocycles. The summed E-state index contributed by atoms with van der Waals surface area (Å²) in [6.45, 7) is -1.01. The second kappa shape index (κ2) is 28.4. The van der Waals surface area contributed by atoms with Gasteiger partial charge in [0.05, 0.1) is 50.7 Å². The van der Waals surface area contributed by atoms with Gasteiger partial charge in [0, 0.05) is 37.8 Å². The molecule has 0 saturated carbocycles. The van der Waals surface area contributed by atoms with Crippen molar-refractivity contribution in [1.29, 1.82) is 0 Å². The third-order valence-corrected chi connectivity index (χ3v) is 14.2. The van der Waals surface area contributed by atoms with Crippen molar-refractivity contribution in [2.75, 3.05) is 33.5 Å². The summed E-state index contributed by atoms with van der Waals surface area (Å²) < 4.78 is 52.9. The fourth-order valence-corrected chi connectivity index (χ4v) is 9.87. The number of fused-ring (bicyclic) bond motifs is 1. The van der Waals surface area contributed by atoms with E-state index in [1.54, 1.807) is 0 Å². The number of phenolic OH excluding ortho intramolecular Hbond substituents is 1. The number of aliphatic hydroxyl groups is 11. The predicted molar refractivity (Wildman–Crippen MR) is 261 cm³/mol. The van der Waals surface area contributed by atoms with E-state index in [0.29, 0.717) is 25.7 Å². The zero-order valence-corrected chi connectivity index (χ0v) is 43.4. The van der Waals surface area contributed by atoms with E-state index in [4.69, 9.17) is 37.9 Å². The largest absolute Gasteiger partial charge is 0.506 e. The van der Waals surface area contributed by atoms with Crippen LogP contribution < -0.4 is 16.1 Å². The van der Waals surface area contributed by atoms with Crippen LogP contribution in [0.1, 0.15) is 75.7 Å². The lowest BCUT2D eigenvalue weighted by atomic mass is 9.88. The number of carbonyl (C=O) groups excluding carboxylic acids is 3. The van der Waals surface area contributed by atoms with Gasteiger partial charge in [-0.25, -0.2) is 4.79 Å². The van der Waals surface area contributed by atoms with Crippen LogP contribution in [0.2, 0.25) is 0 Å². The fraction of sp³-hybridized carbons (Fsp3) is 0.735. The minimum absolute atomic E-state index is 0.00760. The number of benzene rings is 1. The van der Waals surface area contributed by atoms with Gasteiger partial charge >= 0.3 is 11.9 Å². The first kappa shape index (κ1) is 63.5. The number of aromatic hydroxyl groups is 1. The Morgan fingerprint density at radius 1 is 0.785 bits per heavy atom. The smallest absolute Gasteiger partial charge is 0.364 e. The Labute approximate surface area is 450 Å². The summed E-state index contributed by atoms with van der Waals surface area (Å²) in [7, 11) is 1.30. The maximum absolute atomic E-state index is 14.4. The van der Waals surface area contributed by atoms with Crippen LogP contribution in [-0.4, -0.2) is 257 Å². The van der Waals surface area contributed by atoms with Crippen molar-refractivity contribution >= 4 is 34.7 Å². The van der Waals surface area contributed by atoms with E-state index < -0.39 is 189 Å². The Balaban J connectivity index is 1.37. The molecule has 2 aromatic rings. The normalized spacial score (nSPS) is 35.8. The molecule has 4 aliphatic heterocycles. The highest BCUT2D eigenvalue weighted by molar-refractivity contribution is 5.96. The number of hydrogen-bond acceptors (Lipinski definition) is 26. The van der Waals surface area contributed by atoms with Crippen molar-refractivity contribution in [2.45, 2.75) is 194 Å². The number of rotatable bonds is 25. The van der Waals surface area contributed by atoms with Gasteiger partial charge in [-0.1, -0.05) is 31.7 Å². The highest BCUT2D eigenvalue weighted by Gasteiger charge is 2.61. The summed E-state index contributed by atoms with van der Waals surface area (Å²) >= 11 is 0. The molecule has 446 valence electrons. The van der Waals surface area contributed by atoms with Crippen LogP contribution >= 0.6 is 0 Å². The second-order valence-corrected chi connectivity index (χ2v) is 19.8. The highest BCUT2D eigenvalue weighted by Crippen LogP contribution is 2.39. The molecule has 2 amide bonds. The van der Waals surface area contributed by atoms with Gasteiger partial charge in [0.2, 0.25) is 5.91 Å². The first-order chi connectivity index (χ1) is 37.5. The highest BCUT2D eigenvalue weighted by atomic mass is 16.8. The summed E-state index contributed by atoms with van der Waals surface area (Å²) in [5.74, 6) is -7.89. The van der Waals surface area contributed by atoms with E-state index in [9.17, 15) is 90.4 Å². The molecule has 1 aromatic carbocycles. The number of H-pyrrole nitrogens is 1. The number of carboxylic acid groups (broad SMARTS) is 1. The van der Waals surface area contributed by atoms with Crippen molar-refractivity contribution in [3.05, 3.63) is 40.2 Å². The Morgan fingerprint density at radius 2 is 1.43 bits per heavy atom. The number of hydrogen-bond donors (Lipinski definition) is 16. The molecule has 16 N–H and O–H groups in total. The van der Waals surface area contributed by atoms with Gasteiger partial charge in [-0.3, -0.25) is 19.2 Å². The third kappa shape index (κ3) is 14.9. The molecule has 21 atom stereocenters. The van der Waals surface area contributed by atoms with E-state index >= 15 is 0 Å². The summed E-state index contributed by atoms with van der Waals surface area (Å²) in [6, 6.07) is 1.57. The van der Waals surface area contributed by atoms with Crippen molar-refractivity contribution in [3.63, 3.8) is 0 Å². The topological polar surface area (TPSA) is 471 Å². The molecule has 4 saturated heterocycles. The van der Waals surface area contributed by atoms with Gasteiger partial charge in [-0.05, 0) is 31.9 Å². The number of amides is 2. The molecule has 6 rings (SSSR count). The number of aliphatic hydroxyl groups excluding tert-OH is 11. The number of aromatic amines is 1. The maximum atomic E-state index is 14.4. The molecule has 79 heavy (non-hydrogen) atoms. The molecule has 1 aromatic heterocycles. The second-order valence-electron chi connectivity index (χ2n) is 19.8. The lowest BCUT2D eigenvalue weighted by molar-refractivity contribution is -0.391. The molecule has 30 heteroatoms. The van der Waals surface area contributed by atoms with E-state index in [2.05, 4.69) is 20.4 Å². The number of aromatic nitrogens is 1. The number of para-hydroxylation sites is 1. The molecule has 0 bridgehead atoms. The Hall–Kier alpha value is -4.65. The average Bonchev–Trinajstić information content (AvgIpc) is 3.50. The zero-order chi connectivity index (χ0) is 58.0. The number of methoxy groups -OCH3 is 1. The zero-order valence-electron chi connectivity index (χ0n) is 43.4. The summed E-state index contributed by atoms with van der Waals surface area (Å²) in [5, 5.41) is 146. The standard InChI is InChI=1S/C49H73N3O27/c1-20-34(62)37(65)38(66)46(73-20)77-42-33(52-44(68)23-15-25(58)22-11-10-12-24(57)31(22)51-23)45(72-14-9-7-5-4-6-8-13-30(61)71-3)75-29(19-55)40(42)76-47-39(67)43(36(64)28(18-54)74-47)79-49(48(69)70)16-26(59)32(50-21(2)56)41(78-49)35(63)27(60)17-53/h10-12,15,20,26-29,32-43,45-47,53-55,57,59-60,62-67H,4-9,13-14,16-19H2,1-3H3,(H,50,56)(H,51,58)(H,52,68)(H,69,70)/t20?,26?,27?,28?,29?,32-,33?,34-,35?,36+,37?,38?,39?,40-,41?,42?,43?,45-,46+,47?,49+/m1/s1. The molecule has 30 nitrogen and oxygen atoms in total. The number of pyridine rings is 1. The summed E-state index contributed by atoms with van der Waals surface area (Å²) in [5.41, 5.74) is -1.28. The first-order valence-corrected chi connectivity index (χ1v) is 25.8. The summed E-state index contributed by atoms with van der Waals surface area (Å²) in [6.07, 6.45) is -32.5. The number of esters is 1. The molecule has 14 unspecified atom stereocenters. The van der Waals surface area contributed by atoms with Gasteiger partial charge in [-0.2, -0.15) is 0 Å². The van der Waals surface area contributed by atoms with Gasteiger partial charge in [-0.15, -0.1) is 0 Å². The van der Waals surface area contributed by atoms with Gasteiger partial charge in [0.1, 0.15) is 96.8 Å². The van der Waals surface area contributed by atoms with Crippen LogP contribution in [-0.2, 0) is 57.0 Å². The predicted octanol–water partition coefficient (Wildman–Crippen LogP) is -5.46. The van der Waals surface area contributed by atoms with Crippen molar-refractivity contribution in [3.8, 4) is 5.75 Å². The molecular formula is C49H73N3O27. The van der Waals surface area contributed by atoms with Crippen molar-refractivity contribution < 1.29 is 128 Å². The van der Waals surface area contributed by atoms with E-state index in [-0.39, 0.29) is 29.9 Å². The number of aliphatic carboxylic acids is 1. The molecule has 0 aliphatic carbocycles. The van der Waals surface area contributed by atoms with Crippen molar-refractivity contribution in [1.82, 2.24) is 15.6 Å². The minimum Gasteiger partial charge on any atom is -0.506 e. The quantitative estimate of drug-likeness (QED) is 0.0326. The number of nitrogens with one attached hydrogen (secondary N) is 3. The average molecular weight is 1140 g/mol. The molecule has 4 fully saturated rings. The Bertz CT molecular complexity index is 2400. The molecular weight excluding hydrogens is 1060 g/mol. The van der Waals surface area contributed by atoms with Crippen LogP contribution in [0, 0.1) is 0 Å². The Morgan fingerprint density at radius 3 is 2.08 bits per heavy atom. The fourth-order valence-electron chi connectivity index (χ4n) is 9.87. The Kier molecular flexibility index (Phi) is 22.8. The number of ether oxygens (including phenoxy) is 9. The van der Waals surface area contributed by atoms with Crippen molar-refractivity contribution in [2.24, 2.45) is 0 Å². The third-order valence-electron chi connectivity index (χ3n) is 14.2. The molecule has 0 spiro atoms. The molecule has 0 radical (unpaired) electrons. The maximum Gasteiger partial charge on any atom is 0.364 e. The lowest BCUT2D eigenvalue weighted by Crippen LogP contribution is -2.71. The molecule has 4 aliphatic rings. The number of unbranched alkanes of at least 4 members (excludes halogenated alkanes) is 5. The van der Waals surface area contributed by atoms with Gasteiger partial charge in [0.15, 0.2) is 24.3 Å². The van der Waals surface area contributed by atoms with Crippen LogP contribution in [0.15, 0.2) is 29.1 Å². The van der Waals surface area contributed by atoms with Crippen LogP contribution in [0.4, 0.5) is 0 Å². The number of carboxylic acids is 1. The van der Waals surface area contributed by atoms with E-state index in [0.717, 1.165) is 25.8 Å². The summed E-state index contributed by atoms with van der Waals surface area (Å²) in [4.78, 5) is 67.3. The minimum atomic E-state index is -3.20. The van der Waals surface area contributed by atoms with Crippen LogP contribution in [0.3, 0.4) is 0 Å². The van der Waals surface area contributed by atoms with Gasteiger partial charge in [0.25, 0.3) is 11.7 Å². The number of phenols is 1. The van der Waals surface area contributed by atoms with Crippen LogP contribution in [0.5, 0.6) is 5.75 Å². The van der Waals surface area contributed by atoms with Crippen LogP contribution in [0.25, 0.3) is 10.9 Å². The SMILES string of the molecule is COC(=O)CCCCCCCCO[C@@H]1OC(CO)[C@@H](OC2OC(CO)[C@H](O)C(O[C@]3(C(=O)O)CC(O)[C@@H](NC(C)=O)C(C(O)C(O)CO)O3)C2O)C(O[C@@H]2OC(C)[C@@H](O)C(O)C2O)C1NC(=O)c1cc(=O)c2cccc(O)c2[nH]1. The van der Waals surface area contributed by atoms with E-state index in [1.807, 2.05) is 0 Å². The lowest BCUT2D eigenvalue weighted by Gasteiger charge is -2.51. The monoisotopic (exact) mass is 1140 g/mol. The van der Waals surface area contributed by atoms with Gasteiger partial charge < -0.3 is 125 Å².